The van der Waals surface area contributed by atoms with Gasteiger partial charge in [-0.25, -0.2) is 12.8 Å². The van der Waals surface area contributed by atoms with E-state index in [2.05, 4.69) is 5.32 Å². The zero-order chi connectivity index (χ0) is 13.3. The molecule has 0 bridgehead atoms. The molecule has 0 radical (unpaired) electrons. The standard InChI is InChI=1S/C11H14ClFN2O2S.ClH/c1-8-7-14-5-6-15(8)18(16,17)10-4-2-3-9(12)11(10)13;/h2-4,8,14H,5-7H2,1H3;1H/t8-;/m0./s1. The fraction of sp³-hybridized carbons (Fsp3) is 0.455. The Kier molecular flexibility index (Phi) is 5.58. The third-order valence-corrected chi connectivity index (χ3v) is 5.27. The van der Waals surface area contributed by atoms with E-state index in [0.29, 0.717) is 19.6 Å². The maximum Gasteiger partial charge on any atom is 0.246 e. The van der Waals surface area contributed by atoms with Crippen LogP contribution in [0.3, 0.4) is 0 Å². The van der Waals surface area contributed by atoms with Crippen molar-refractivity contribution in [2.24, 2.45) is 0 Å². The van der Waals surface area contributed by atoms with Crippen LogP contribution in [0.5, 0.6) is 0 Å². The van der Waals surface area contributed by atoms with Crippen molar-refractivity contribution in [3.05, 3.63) is 29.0 Å². The van der Waals surface area contributed by atoms with Crippen molar-refractivity contribution in [2.75, 3.05) is 19.6 Å². The third kappa shape index (κ3) is 3.20. The predicted octanol–water partition coefficient (Wildman–Crippen LogP) is 1.88. The zero-order valence-corrected chi connectivity index (χ0v) is 12.7. The highest BCUT2D eigenvalue weighted by atomic mass is 35.5. The Morgan fingerprint density at radius 3 is 2.79 bits per heavy atom. The van der Waals surface area contributed by atoms with Gasteiger partial charge < -0.3 is 5.32 Å². The second-order valence-electron chi connectivity index (χ2n) is 4.22. The van der Waals surface area contributed by atoms with Gasteiger partial charge in [0.2, 0.25) is 10.0 Å². The van der Waals surface area contributed by atoms with E-state index in [0.717, 1.165) is 0 Å². The molecular weight excluding hydrogens is 314 g/mol. The van der Waals surface area contributed by atoms with E-state index < -0.39 is 15.8 Å². The molecule has 19 heavy (non-hydrogen) atoms. The number of hydrogen-bond acceptors (Lipinski definition) is 3. The van der Waals surface area contributed by atoms with Gasteiger partial charge in [0.1, 0.15) is 4.90 Å². The van der Waals surface area contributed by atoms with Gasteiger partial charge in [0.25, 0.3) is 0 Å². The van der Waals surface area contributed by atoms with Crippen LogP contribution in [0.1, 0.15) is 6.92 Å². The maximum atomic E-state index is 13.8. The lowest BCUT2D eigenvalue weighted by atomic mass is 10.3. The molecule has 0 saturated carbocycles. The van der Waals surface area contributed by atoms with Gasteiger partial charge in [-0.15, -0.1) is 12.4 Å². The van der Waals surface area contributed by atoms with Crippen molar-refractivity contribution in [3.63, 3.8) is 0 Å². The highest BCUT2D eigenvalue weighted by Gasteiger charge is 2.33. The Morgan fingerprint density at radius 1 is 1.47 bits per heavy atom. The molecule has 8 heteroatoms. The number of rotatable bonds is 2. The topological polar surface area (TPSA) is 49.4 Å². The second-order valence-corrected chi connectivity index (χ2v) is 6.49. The molecule has 4 nitrogen and oxygen atoms in total. The summed E-state index contributed by atoms with van der Waals surface area (Å²) in [7, 11) is -3.83. The van der Waals surface area contributed by atoms with Gasteiger partial charge in [-0.2, -0.15) is 4.31 Å². The highest BCUT2D eigenvalue weighted by molar-refractivity contribution is 7.89. The Hall–Kier alpha value is -0.400. The molecule has 0 aromatic heterocycles. The van der Waals surface area contributed by atoms with Crippen LogP contribution in [0.15, 0.2) is 23.1 Å². The van der Waals surface area contributed by atoms with Gasteiger partial charge in [-0.05, 0) is 19.1 Å². The van der Waals surface area contributed by atoms with Crippen molar-refractivity contribution in [3.8, 4) is 0 Å². The number of nitrogens with zero attached hydrogens (tertiary/aromatic N) is 1. The van der Waals surface area contributed by atoms with Crippen molar-refractivity contribution in [1.29, 1.82) is 0 Å². The van der Waals surface area contributed by atoms with Crippen molar-refractivity contribution in [1.82, 2.24) is 9.62 Å². The minimum absolute atomic E-state index is 0. The summed E-state index contributed by atoms with van der Waals surface area (Å²) in [5.41, 5.74) is 0. The van der Waals surface area contributed by atoms with Crippen LogP contribution in [0.4, 0.5) is 4.39 Å². The molecule has 1 aliphatic heterocycles. The van der Waals surface area contributed by atoms with Gasteiger partial charge in [-0.1, -0.05) is 17.7 Å². The fourth-order valence-electron chi connectivity index (χ4n) is 1.99. The molecule has 0 spiro atoms. The molecule has 1 saturated heterocycles. The quantitative estimate of drug-likeness (QED) is 0.901. The van der Waals surface area contributed by atoms with E-state index in [1.165, 1.54) is 22.5 Å². The minimum atomic E-state index is -3.83. The maximum absolute atomic E-state index is 13.8. The first-order valence-electron chi connectivity index (χ1n) is 5.61. The number of hydrogen-bond donors (Lipinski definition) is 1. The smallest absolute Gasteiger partial charge is 0.246 e. The van der Waals surface area contributed by atoms with Gasteiger partial charge >= 0.3 is 0 Å². The number of benzene rings is 1. The number of nitrogens with one attached hydrogen (secondary N) is 1. The Bertz CT molecular complexity index is 554. The van der Waals surface area contributed by atoms with E-state index in [1.54, 1.807) is 6.92 Å². The Balaban J connectivity index is 0.00000180. The third-order valence-electron chi connectivity index (χ3n) is 2.94. The molecule has 1 N–H and O–H groups in total. The molecule has 2 rings (SSSR count). The average molecular weight is 329 g/mol. The lowest BCUT2D eigenvalue weighted by molar-refractivity contribution is 0.283. The van der Waals surface area contributed by atoms with Crippen LogP contribution in [0, 0.1) is 5.82 Å². The van der Waals surface area contributed by atoms with Crippen molar-refractivity contribution < 1.29 is 12.8 Å². The number of halogens is 3. The largest absolute Gasteiger partial charge is 0.314 e. The van der Waals surface area contributed by atoms with E-state index in [9.17, 15) is 12.8 Å². The monoisotopic (exact) mass is 328 g/mol. The molecule has 1 fully saturated rings. The van der Waals surface area contributed by atoms with Crippen LogP contribution < -0.4 is 5.32 Å². The second kappa shape index (κ2) is 6.37. The van der Waals surface area contributed by atoms with Gasteiger partial charge in [-0.3, -0.25) is 0 Å². The molecule has 108 valence electrons. The first-order valence-corrected chi connectivity index (χ1v) is 7.43. The first kappa shape index (κ1) is 16.7. The molecular formula is C11H15Cl2FN2O2S. The van der Waals surface area contributed by atoms with Gasteiger partial charge in [0.05, 0.1) is 5.02 Å². The van der Waals surface area contributed by atoms with Crippen LogP contribution in [0.25, 0.3) is 0 Å². The summed E-state index contributed by atoms with van der Waals surface area (Å²) in [5, 5.41) is 2.91. The highest BCUT2D eigenvalue weighted by Crippen LogP contribution is 2.26. The van der Waals surface area contributed by atoms with Crippen LogP contribution >= 0.6 is 24.0 Å². The van der Waals surface area contributed by atoms with Crippen molar-refractivity contribution in [2.45, 2.75) is 17.9 Å². The lowest BCUT2D eigenvalue weighted by Gasteiger charge is -2.32. The molecule has 1 heterocycles. The Morgan fingerprint density at radius 2 is 2.16 bits per heavy atom. The van der Waals surface area contributed by atoms with E-state index in [-0.39, 0.29) is 28.4 Å². The Labute approximate surface area is 123 Å². The summed E-state index contributed by atoms with van der Waals surface area (Å²) < 4.78 is 39.9. The number of piperazine rings is 1. The van der Waals surface area contributed by atoms with Crippen molar-refractivity contribution >= 4 is 34.0 Å². The minimum Gasteiger partial charge on any atom is -0.314 e. The molecule has 0 amide bonds. The molecule has 1 aromatic carbocycles. The SMILES string of the molecule is C[C@H]1CNCCN1S(=O)(=O)c1cccc(Cl)c1F.Cl. The van der Waals surface area contributed by atoms with E-state index in [4.69, 9.17) is 11.6 Å². The molecule has 0 aliphatic carbocycles. The molecule has 1 aromatic rings. The van der Waals surface area contributed by atoms with Crippen LogP contribution in [0.2, 0.25) is 5.02 Å². The fourth-order valence-corrected chi connectivity index (χ4v) is 3.94. The van der Waals surface area contributed by atoms with E-state index in [1.807, 2.05) is 0 Å². The van der Waals surface area contributed by atoms with Crippen LogP contribution in [-0.4, -0.2) is 38.4 Å². The molecule has 0 unspecified atom stereocenters. The normalized spacial score (nSPS) is 20.9. The van der Waals surface area contributed by atoms with Crippen LogP contribution in [-0.2, 0) is 10.0 Å². The first-order chi connectivity index (χ1) is 8.44. The molecule has 1 aliphatic rings. The summed E-state index contributed by atoms with van der Waals surface area (Å²) in [6.45, 7) is 3.23. The number of sulfonamides is 1. The van der Waals surface area contributed by atoms with E-state index >= 15 is 0 Å². The van der Waals surface area contributed by atoms with Gasteiger partial charge in [0, 0.05) is 25.7 Å². The average Bonchev–Trinajstić information content (AvgIpc) is 2.32. The summed E-state index contributed by atoms with van der Waals surface area (Å²) in [6, 6.07) is 3.80. The lowest BCUT2D eigenvalue weighted by Crippen LogP contribution is -2.52. The summed E-state index contributed by atoms with van der Waals surface area (Å²) in [5.74, 6) is -0.884. The predicted molar refractivity (Wildman–Crippen MR) is 74.9 cm³/mol. The summed E-state index contributed by atoms with van der Waals surface area (Å²) >= 11 is 5.62. The zero-order valence-electron chi connectivity index (χ0n) is 10.3. The van der Waals surface area contributed by atoms with Gasteiger partial charge in [0.15, 0.2) is 5.82 Å². The molecule has 1 atom stereocenters. The summed E-state index contributed by atoms with van der Waals surface area (Å²) in [4.78, 5) is -0.358. The summed E-state index contributed by atoms with van der Waals surface area (Å²) in [6.07, 6.45) is 0.